The summed E-state index contributed by atoms with van der Waals surface area (Å²) in [5.74, 6) is 3.40. The van der Waals surface area contributed by atoms with Crippen molar-refractivity contribution in [3.8, 4) is 0 Å². The van der Waals surface area contributed by atoms with E-state index in [4.69, 9.17) is 9.84 Å². The molecule has 0 heterocycles. The lowest BCUT2D eigenvalue weighted by molar-refractivity contribution is -0.139. The van der Waals surface area contributed by atoms with Crippen LogP contribution in [0.25, 0.3) is 0 Å². The summed E-state index contributed by atoms with van der Waals surface area (Å²) in [5.41, 5.74) is 0. The first-order valence-electron chi connectivity index (χ1n) is 6.62. The maximum absolute atomic E-state index is 11.4. The molecule has 0 spiro atoms. The maximum atomic E-state index is 11.4. The predicted octanol–water partition coefficient (Wildman–Crippen LogP) is 2.44. The third-order valence-corrected chi connectivity index (χ3v) is 8.86. The first-order chi connectivity index (χ1) is 10.7. The van der Waals surface area contributed by atoms with E-state index in [1.54, 1.807) is 29.8 Å². The number of aliphatic hydroxyl groups excluding tert-OH is 1. The van der Waals surface area contributed by atoms with Gasteiger partial charge in [-0.05, 0) is 0 Å². The molecule has 0 saturated heterocycles. The van der Waals surface area contributed by atoms with Gasteiger partial charge in [0.1, 0.15) is 12.4 Å². The van der Waals surface area contributed by atoms with Gasteiger partial charge in [0.15, 0.2) is 0 Å². The minimum atomic E-state index is -0.681. The van der Waals surface area contributed by atoms with Crippen LogP contribution in [0, 0.1) is 0 Å². The number of thioether (sulfide) groups is 5. The summed E-state index contributed by atoms with van der Waals surface area (Å²) in [6.45, 7) is 0.590. The first kappa shape index (κ1) is 23.5. The third kappa shape index (κ3) is 19.5. The van der Waals surface area contributed by atoms with Gasteiger partial charge in [-0.3, -0.25) is 4.79 Å². The van der Waals surface area contributed by atoms with Crippen LogP contribution in [0.4, 0.5) is 0 Å². The van der Waals surface area contributed by atoms with Gasteiger partial charge in [-0.15, -0.1) is 47.0 Å². The normalized spacial score (nSPS) is 12.3. The van der Waals surface area contributed by atoms with E-state index in [1.807, 2.05) is 35.3 Å². The van der Waals surface area contributed by atoms with E-state index in [2.05, 4.69) is 0 Å². The van der Waals surface area contributed by atoms with Crippen LogP contribution >= 0.6 is 58.8 Å². The van der Waals surface area contributed by atoms with E-state index in [9.17, 15) is 9.35 Å². The van der Waals surface area contributed by atoms with Crippen LogP contribution in [0.15, 0.2) is 0 Å². The monoisotopic (exact) mass is 424 g/mol. The van der Waals surface area contributed by atoms with Gasteiger partial charge in [-0.2, -0.15) is 11.8 Å². The molecule has 0 aliphatic heterocycles. The highest BCUT2D eigenvalue weighted by Gasteiger charge is 2.03. The molecular formula is C12H24O4S6. The Morgan fingerprint density at radius 3 is 2.41 bits per heavy atom. The first-order valence-corrected chi connectivity index (χ1v) is 14.1. The Kier molecular flexibility index (Phi) is 20.1. The standard InChI is InChI=1S/C12H24O4S6/c1-22(15)7-6-18-9-20-11-21-10-19-8-12(14)16-3-5-17-4-2-13/h13H,2-11H2,1H3. The van der Waals surface area contributed by atoms with E-state index in [1.165, 1.54) is 0 Å². The molecule has 0 saturated carbocycles. The number of carbonyl (C=O) groups excluding carboxylic acids is 1. The lowest BCUT2D eigenvalue weighted by Crippen LogP contribution is -2.10. The molecule has 0 aliphatic rings. The number of esters is 1. The Balaban J connectivity index is 3.13. The van der Waals surface area contributed by atoms with Gasteiger partial charge in [0.2, 0.25) is 0 Å². The number of carbonyl (C=O) groups is 1. The van der Waals surface area contributed by atoms with Gasteiger partial charge in [-0.25, -0.2) is 0 Å². The van der Waals surface area contributed by atoms with E-state index < -0.39 is 11.2 Å². The molecule has 0 amide bonds. The average molecular weight is 425 g/mol. The molecule has 0 bridgehead atoms. The molecule has 1 unspecified atom stereocenters. The Labute approximate surface area is 158 Å². The Morgan fingerprint density at radius 2 is 1.73 bits per heavy atom. The minimum absolute atomic E-state index is 0.161. The molecule has 4 nitrogen and oxygen atoms in total. The minimum Gasteiger partial charge on any atom is -0.617 e. The molecule has 0 radical (unpaired) electrons. The number of hydrogen-bond acceptors (Lipinski definition) is 9. The van der Waals surface area contributed by atoms with Crippen LogP contribution in [0.1, 0.15) is 0 Å². The van der Waals surface area contributed by atoms with Crippen LogP contribution < -0.4 is 0 Å². The second-order valence-electron chi connectivity index (χ2n) is 3.85. The number of ether oxygens (including phenoxy) is 1. The van der Waals surface area contributed by atoms with Crippen molar-refractivity contribution < 1.29 is 19.2 Å². The fraction of sp³-hybridized carbons (Fsp3) is 0.917. The third-order valence-electron chi connectivity index (χ3n) is 1.96. The SMILES string of the molecule is C[S+]([O-])CCSCSCSCSCC(=O)OCCSCCO. The van der Waals surface area contributed by atoms with Crippen molar-refractivity contribution in [1.29, 1.82) is 0 Å². The van der Waals surface area contributed by atoms with Crippen molar-refractivity contribution in [2.75, 3.05) is 63.5 Å². The summed E-state index contributed by atoms with van der Waals surface area (Å²) in [6.07, 6.45) is 1.74. The second-order valence-corrected chi connectivity index (χ2v) is 11.8. The Morgan fingerprint density at radius 1 is 1.05 bits per heavy atom. The van der Waals surface area contributed by atoms with Crippen LogP contribution in [-0.4, -0.2) is 79.1 Å². The fourth-order valence-electron chi connectivity index (χ4n) is 1.03. The summed E-state index contributed by atoms with van der Waals surface area (Å²) in [5, 5.41) is 11.5. The predicted molar refractivity (Wildman–Crippen MR) is 109 cm³/mol. The molecule has 1 N–H and O–H groups in total. The zero-order valence-corrected chi connectivity index (χ0v) is 17.6. The molecule has 132 valence electrons. The van der Waals surface area contributed by atoms with Gasteiger partial charge in [0.25, 0.3) is 0 Å². The molecule has 10 heteroatoms. The molecule has 0 aromatic carbocycles. The number of aliphatic hydroxyl groups is 1. The van der Waals surface area contributed by atoms with Crippen LogP contribution in [0.5, 0.6) is 0 Å². The van der Waals surface area contributed by atoms with Crippen molar-refractivity contribution >= 4 is 76.0 Å². The van der Waals surface area contributed by atoms with Gasteiger partial charge in [0, 0.05) is 32.5 Å². The zero-order valence-electron chi connectivity index (χ0n) is 12.7. The second kappa shape index (κ2) is 18.8. The van der Waals surface area contributed by atoms with Crippen molar-refractivity contribution in [3.05, 3.63) is 0 Å². The Hall–Kier alpha value is 1.49. The van der Waals surface area contributed by atoms with Crippen molar-refractivity contribution in [1.82, 2.24) is 0 Å². The number of rotatable bonds is 16. The molecule has 0 aromatic heterocycles. The van der Waals surface area contributed by atoms with E-state index in [0.29, 0.717) is 18.1 Å². The molecular weight excluding hydrogens is 401 g/mol. The highest BCUT2D eigenvalue weighted by atomic mass is 32.2. The van der Waals surface area contributed by atoms with Gasteiger partial charge in [-0.1, -0.05) is 11.2 Å². The summed E-state index contributed by atoms with van der Waals surface area (Å²) in [4.78, 5) is 11.4. The summed E-state index contributed by atoms with van der Waals surface area (Å²) in [7, 11) is 0. The number of hydrogen-bond donors (Lipinski definition) is 1. The highest BCUT2D eigenvalue weighted by molar-refractivity contribution is 8.26. The lowest BCUT2D eigenvalue weighted by Gasteiger charge is -2.05. The Bertz CT molecular complexity index is 258. The highest BCUT2D eigenvalue weighted by Crippen LogP contribution is 2.21. The molecule has 0 rings (SSSR count). The topological polar surface area (TPSA) is 69.6 Å². The average Bonchev–Trinajstić information content (AvgIpc) is 2.48. The van der Waals surface area contributed by atoms with Crippen molar-refractivity contribution in [2.45, 2.75) is 0 Å². The molecule has 22 heavy (non-hydrogen) atoms. The van der Waals surface area contributed by atoms with Gasteiger partial charge >= 0.3 is 5.97 Å². The van der Waals surface area contributed by atoms with E-state index in [0.717, 1.165) is 32.5 Å². The van der Waals surface area contributed by atoms with E-state index >= 15 is 0 Å². The molecule has 0 aliphatic carbocycles. The van der Waals surface area contributed by atoms with E-state index in [-0.39, 0.29) is 12.6 Å². The smallest absolute Gasteiger partial charge is 0.315 e. The maximum Gasteiger partial charge on any atom is 0.315 e. The molecule has 0 fully saturated rings. The van der Waals surface area contributed by atoms with Gasteiger partial charge < -0.3 is 14.4 Å². The van der Waals surface area contributed by atoms with Crippen LogP contribution in [0.3, 0.4) is 0 Å². The largest absolute Gasteiger partial charge is 0.617 e. The summed E-state index contributed by atoms with van der Waals surface area (Å²) < 4.78 is 15.9. The van der Waals surface area contributed by atoms with Crippen molar-refractivity contribution in [3.63, 3.8) is 0 Å². The van der Waals surface area contributed by atoms with Crippen LogP contribution in [0.2, 0.25) is 0 Å². The zero-order chi connectivity index (χ0) is 16.5. The summed E-state index contributed by atoms with van der Waals surface area (Å²) >= 11 is 7.97. The lowest BCUT2D eigenvalue weighted by atomic mass is 10.8. The fourth-order valence-corrected chi connectivity index (χ4v) is 7.21. The van der Waals surface area contributed by atoms with Crippen molar-refractivity contribution in [2.24, 2.45) is 0 Å². The quantitative estimate of drug-likeness (QED) is 0.174. The molecule has 1 atom stereocenters. The molecule has 0 aromatic rings. The van der Waals surface area contributed by atoms with Crippen LogP contribution in [-0.2, 0) is 20.7 Å². The van der Waals surface area contributed by atoms with Gasteiger partial charge in [0.05, 0.1) is 18.6 Å². The summed E-state index contributed by atoms with van der Waals surface area (Å²) in [6, 6.07) is 0.